The van der Waals surface area contributed by atoms with Crippen LogP contribution in [-0.4, -0.2) is 40.5 Å². The van der Waals surface area contributed by atoms with Crippen LogP contribution in [0.15, 0.2) is 18.2 Å². The summed E-state index contributed by atoms with van der Waals surface area (Å²) < 4.78 is 57.8. The number of ether oxygens (including phenoxy) is 1. The lowest BCUT2D eigenvalue weighted by molar-refractivity contribution is -0.324. The SMILES string of the molecule is C#CC(=O)N(c1ccc(OC2CC(F)(F)C2(F)F)c(Cl)c1)C1(C(=O)O)CCCC1. The van der Waals surface area contributed by atoms with Gasteiger partial charge in [0, 0.05) is 5.69 Å². The third-order valence-corrected chi connectivity index (χ3v) is 5.66. The first-order chi connectivity index (χ1) is 13.5. The van der Waals surface area contributed by atoms with Gasteiger partial charge in [0.25, 0.3) is 0 Å². The average Bonchev–Trinajstić information content (AvgIpc) is 3.13. The van der Waals surface area contributed by atoms with Crippen molar-refractivity contribution in [1.82, 2.24) is 0 Å². The van der Waals surface area contributed by atoms with Gasteiger partial charge in [0.05, 0.1) is 11.4 Å². The fourth-order valence-electron chi connectivity index (χ4n) is 3.71. The number of aliphatic carboxylic acids is 1. The molecule has 1 aromatic rings. The zero-order valence-electron chi connectivity index (χ0n) is 14.9. The highest BCUT2D eigenvalue weighted by atomic mass is 35.5. The van der Waals surface area contributed by atoms with Gasteiger partial charge in [0.15, 0.2) is 6.10 Å². The third kappa shape index (κ3) is 3.29. The lowest BCUT2D eigenvalue weighted by Gasteiger charge is -2.43. The Morgan fingerprint density at radius 3 is 2.31 bits per heavy atom. The van der Waals surface area contributed by atoms with E-state index in [4.69, 9.17) is 22.8 Å². The van der Waals surface area contributed by atoms with Crippen LogP contribution in [0.5, 0.6) is 5.75 Å². The first kappa shape index (κ1) is 21.2. The second kappa shape index (κ2) is 7.10. The zero-order chi connectivity index (χ0) is 21.6. The van der Waals surface area contributed by atoms with Gasteiger partial charge < -0.3 is 9.84 Å². The number of carbonyl (C=O) groups is 2. The van der Waals surface area contributed by atoms with E-state index < -0.39 is 41.8 Å². The van der Waals surface area contributed by atoms with E-state index in [0.29, 0.717) is 12.8 Å². The second-order valence-corrected chi connectivity index (χ2v) is 7.49. The van der Waals surface area contributed by atoms with Crippen LogP contribution < -0.4 is 9.64 Å². The van der Waals surface area contributed by atoms with Crippen molar-refractivity contribution >= 4 is 29.2 Å². The number of benzene rings is 1. The number of carboxylic acid groups (broad SMARTS) is 1. The van der Waals surface area contributed by atoms with E-state index in [0.717, 1.165) is 17.0 Å². The number of rotatable bonds is 5. The molecule has 0 spiro atoms. The first-order valence-electron chi connectivity index (χ1n) is 8.72. The molecule has 5 nitrogen and oxygen atoms in total. The summed E-state index contributed by atoms with van der Waals surface area (Å²) in [7, 11) is 0. The Balaban J connectivity index is 1.92. The number of hydrogen-bond acceptors (Lipinski definition) is 3. The summed E-state index contributed by atoms with van der Waals surface area (Å²) in [4.78, 5) is 25.3. The van der Waals surface area contributed by atoms with Gasteiger partial charge in [-0.25, -0.2) is 4.79 Å². The molecule has 1 aromatic carbocycles. The van der Waals surface area contributed by atoms with Crippen molar-refractivity contribution in [3.05, 3.63) is 23.2 Å². The zero-order valence-corrected chi connectivity index (χ0v) is 15.7. The molecule has 2 fully saturated rings. The largest absolute Gasteiger partial charge is 0.482 e. The number of nitrogens with zero attached hydrogens (tertiary/aromatic N) is 1. The summed E-state index contributed by atoms with van der Waals surface area (Å²) in [5.41, 5.74) is -1.52. The predicted molar refractivity (Wildman–Crippen MR) is 95.5 cm³/mol. The van der Waals surface area contributed by atoms with Gasteiger partial charge in [-0.3, -0.25) is 9.69 Å². The van der Waals surface area contributed by atoms with Gasteiger partial charge in [0.1, 0.15) is 11.3 Å². The minimum Gasteiger partial charge on any atom is -0.482 e. The third-order valence-electron chi connectivity index (χ3n) is 5.36. The van der Waals surface area contributed by atoms with Crippen molar-refractivity contribution in [3.63, 3.8) is 0 Å². The molecule has 3 rings (SSSR count). The summed E-state index contributed by atoms with van der Waals surface area (Å²) in [6, 6.07) is 3.49. The minimum atomic E-state index is -4.34. The summed E-state index contributed by atoms with van der Waals surface area (Å²) in [6.07, 6.45) is 3.48. The Morgan fingerprint density at radius 2 is 1.86 bits per heavy atom. The van der Waals surface area contributed by atoms with E-state index in [1.807, 2.05) is 5.92 Å². The van der Waals surface area contributed by atoms with Gasteiger partial charge in [0.2, 0.25) is 0 Å². The molecule has 2 aliphatic rings. The van der Waals surface area contributed by atoms with E-state index in [-0.39, 0.29) is 29.3 Å². The lowest BCUT2D eigenvalue weighted by atomic mass is 9.85. The maximum atomic E-state index is 13.4. The predicted octanol–water partition coefficient (Wildman–Crippen LogP) is 4.13. The Morgan fingerprint density at radius 1 is 1.24 bits per heavy atom. The van der Waals surface area contributed by atoms with E-state index >= 15 is 0 Å². The molecule has 2 aliphatic carbocycles. The van der Waals surface area contributed by atoms with Crippen LogP contribution in [0.4, 0.5) is 23.2 Å². The van der Waals surface area contributed by atoms with Gasteiger partial charge in [-0.15, -0.1) is 6.42 Å². The fourth-order valence-corrected chi connectivity index (χ4v) is 3.93. The molecule has 0 bridgehead atoms. The number of amides is 1. The molecule has 2 saturated carbocycles. The Hall–Kier alpha value is -2.47. The number of hydrogen-bond donors (Lipinski definition) is 1. The maximum absolute atomic E-state index is 13.4. The van der Waals surface area contributed by atoms with Crippen LogP contribution in [0.1, 0.15) is 32.1 Å². The molecule has 1 N–H and O–H groups in total. The van der Waals surface area contributed by atoms with Crippen LogP contribution >= 0.6 is 11.6 Å². The standard InChI is InChI=1S/C19H16ClF4NO4/c1-2-15(26)25(17(16(27)28)7-3-4-8-17)11-5-6-13(12(20)9-11)29-14-10-18(21,22)19(14,23)24/h1,5-6,9,14H,3-4,7-8,10H2,(H,27,28). The lowest BCUT2D eigenvalue weighted by Crippen LogP contribution is -2.64. The number of halogens is 5. The van der Waals surface area contributed by atoms with Crippen LogP contribution in [-0.2, 0) is 9.59 Å². The van der Waals surface area contributed by atoms with E-state index in [9.17, 15) is 32.3 Å². The number of carbonyl (C=O) groups excluding carboxylic acids is 1. The average molecular weight is 434 g/mol. The van der Waals surface area contributed by atoms with Crippen molar-refractivity contribution < 1.29 is 37.0 Å². The molecule has 0 radical (unpaired) electrons. The van der Waals surface area contributed by atoms with Gasteiger partial charge >= 0.3 is 23.7 Å². The van der Waals surface area contributed by atoms with Gasteiger partial charge in [-0.05, 0) is 37.0 Å². The molecule has 10 heteroatoms. The van der Waals surface area contributed by atoms with Crippen molar-refractivity contribution in [1.29, 1.82) is 0 Å². The number of alkyl halides is 4. The van der Waals surface area contributed by atoms with Crippen LogP contribution in [0.3, 0.4) is 0 Å². The molecule has 1 amide bonds. The Bertz CT molecular complexity index is 893. The quantitative estimate of drug-likeness (QED) is 0.560. The molecule has 0 saturated heterocycles. The highest BCUT2D eigenvalue weighted by Crippen LogP contribution is 2.53. The summed E-state index contributed by atoms with van der Waals surface area (Å²) in [5, 5.41) is 9.51. The highest BCUT2D eigenvalue weighted by molar-refractivity contribution is 6.32. The van der Waals surface area contributed by atoms with Crippen LogP contribution in [0.2, 0.25) is 5.02 Å². The summed E-state index contributed by atoms with van der Waals surface area (Å²) in [5.74, 6) is -9.02. The minimum absolute atomic E-state index is 0.0419. The molecule has 0 heterocycles. The van der Waals surface area contributed by atoms with Crippen LogP contribution in [0.25, 0.3) is 0 Å². The van der Waals surface area contributed by atoms with Gasteiger partial charge in [-0.1, -0.05) is 24.4 Å². The maximum Gasteiger partial charge on any atom is 0.346 e. The monoisotopic (exact) mass is 433 g/mol. The van der Waals surface area contributed by atoms with E-state index in [1.54, 1.807) is 0 Å². The smallest absolute Gasteiger partial charge is 0.346 e. The van der Waals surface area contributed by atoms with Gasteiger partial charge in [-0.2, -0.15) is 17.6 Å². The van der Waals surface area contributed by atoms with E-state index in [2.05, 4.69) is 0 Å². The van der Waals surface area contributed by atoms with Crippen LogP contribution in [0, 0.1) is 12.3 Å². The summed E-state index contributed by atoms with van der Waals surface area (Å²) in [6.45, 7) is 0. The molecule has 0 aromatic heterocycles. The number of anilines is 1. The molecule has 1 unspecified atom stereocenters. The van der Waals surface area contributed by atoms with E-state index in [1.165, 1.54) is 6.07 Å². The molecular weight excluding hydrogens is 418 g/mol. The molecular formula is C19H16ClF4NO4. The Labute approximate surface area is 168 Å². The molecule has 1 atom stereocenters. The van der Waals surface area contributed by atoms with Crippen molar-refractivity contribution in [2.45, 2.75) is 55.6 Å². The Kier molecular flexibility index (Phi) is 5.20. The summed E-state index contributed by atoms with van der Waals surface area (Å²) >= 11 is 6.05. The molecule has 156 valence electrons. The molecule has 29 heavy (non-hydrogen) atoms. The first-order valence-corrected chi connectivity index (χ1v) is 9.10. The van der Waals surface area contributed by atoms with Crippen molar-refractivity contribution in [2.24, 2.45) is 0 Å². The number of terminal acetylenes is 1. The number of carboxylic acids is 1. The van der Waals surface area contributed by atoms with Crippen molar-refractivity contribution in [2.75, 3.05) is 4.90 Å². The normalized spacial score (nSPS) is 23.5. The topological polar surface area (TPSA) is 66.8 Å². The van der Waals surface area contributed by atoms with Crippen molar-refractivity contribution in [3.8, 4) is 18.1 Å². The fraction of sp³-hybridized carbons (Fsp3) is 0.474. The second-order valence-electron chi connectivity index (χ2n) is 7.08. The molecule has 0 aliphatic heterocycles. The highest BCUT2D eigenvalue weighted by Gasteiger charge is 2.73.